The lowest BCUT2D eigenvalue weighted by Crippen LogP contribution is -2.14. The molecule has 128 valence electrons. The fraction of sp³-hybridized carbons (Fsp3) is 0.429. The first-order valence-electron chi connectivity index (χ1n) is 8.70. The van der Waals surface area contributed by atoms with Crippen LogP contribution in [0.25, 0.3) is 0 Å². The van der Waals surface area contributed by atoms with E-state index in [1.165, 1.54) is 10.5 Å². The molecule has 2 atom stereocenters. The molecule has 3 rings (SSSR count). The van der Waals surface area contributed by atoms with Crippen LogP contribution in [0.4, 0.5) is 5.69 Å². The second-order valence-electron chi connectivity index (χ2n) is 7.70. The Morgan fingerprint density at radius 2 is 1.92 bits per heavy atom. The fourth-order valence-electron chi connectivity index (χ4n) is 3.04. The van der Waals surface area contributed by atoms with Crippen molar-refractivity contribution in [2.45, 2.75) is 62.6 Å². The molecular formula is C21H27NOS. The molecule has 0 aromatic heterocycles. The van der Waals surface area contributed by atoms with Gasteiger partial charge in [-0.25, -0.2) is 0 Å². The van der Waals surface area contributed by atoms with Crippen LogP contribution in [0, 0.1) is 0 Å². The Labute approximate surface area is 149 Å². The number of aromatic hydroxyl groups is 1. The third-order valence-electron chi connectivity index (χ3n) is 4.88. The highest BCUT2D eigenvalue weighted by Gasteiger charge is 2.28. The van der Waals surface area contributed by atoms with Gasteiger partial charge in [-0.3, -0.25) is 0 Å². The second-order valence-corrected chi connectivity index (χ2v) is 8.85. The molecule has 3 heteroatoms. The van der Waals surface area contributed by atoms with Gasteiger partial charge in [-0.2, -0.15) is 0 Å². The van der Waals surface area contributed by atoms with E-state index in [0.717, 1.165) is 23.2 Å². The van der Waals surface area contributed by atoms with Crippen molar-refractivity contribution in [3.05, 3.63) is 53.1 Å². The summed E-state index contributed by atoms with van der Waals surface area (Å²) >= 11 is 1.78. The Hall–Kier alpha value is -1.61. The maximum absolute atomic E-state index is 11.0. The zero-order valence-corrected chi connectivity index (χ0v) is 16.0. The van der Waals surface area contributed by atoms with Crippen LogP contribution in [0.5, 0.6) is 5.75 Å². The van der Waals surface area contributed by atoms with Crippen molar-refractivity contribution in [1.82, 2.24) is 0 Å². The molecule has 0 spiro atoms. The van der Waals surface area contributed by atoms with Gasteiger partial charge < -0.3 is 10.4 Å². The van der Waals surface area contributed by atoms with Crippen LogP contribution < -0.4 is 5.32 Å². The number of fused-ring (bicyclic) bond motifs is 1. The molecule has 2 unspecified atom stereocenters. The number of anilines is 1. The lowest BCUT2D eigenvalue weighted by molar-refractivity contribution is 0.453. The van der Waals surface area contributed by atoms with E-state index in [2.05, 4.69) is 70.3 Å². The summed E-state index contributed by atoms with van der Waals surface area (Å²) in [6.07, 6.45) is 1.02. The third kappa shape index (κ3) is 3.14. The van der Waals surface area contributed by atoms with Crippen LogP contribution in [-0.4, -0.2) is 5.11 Å². The van der Waals surface area contributed by atoms with Gasteiger partial charge in [0.2, 0.25) is 0 Å². The number of thioether (sulfide) groups is 1. The Kier molecular flexibility index (Phi) is 4.56. The summed E-state index contributed by atoms with van der Waals surface area (Å²) in [6, 6.07) is 12.7. The van der Waals surface area contributed by atoms with Crippen LogP contribution in [0.15, 0.2) is 41.3 Å². The number of phenolic OH excluding ortho intramolecular Hbond substituents is 1. The van der Waals surface area contributed by atoms with E-state index in [9.17, 15) is 5.11 Å². The quantitative estimate of drug-likeness (QED) is 0.675. The number of rotatable bonds is 3. The highest BCUT2D eigenvalue weighted by molar-refractivity contribution is 8.00. The van der Waals surface area contributed by atoms with E-state index in [1.54, 1.807) is 11.8 Å². The molecule has 0 aliphatic carbocycles. The summed E-state index contributed by atoms with van der Waals surface area (Å²) in [5.41, 5.74) is 4.56. The van der Waals surface area contributed by atoms with Gasteiger partial charge >= 0.3 is 0 Å². The van der Waals surface area contributed by atoms with Crippen molar-refractivity contribution < 1.29 is 5.11 Å². The minimum absolute atomic E-state index is 0.0563. The SMILES string of the molecule is CCC(C)c1cc(C(C)(C)C)cc(C2Nc3ccccc3S2)c1O. The number of phenols is 1. The molecule has 0 bridgehead atoms. The van der Waals surface area contributed by atoms with Crippen molar-refractivity contribution in [1.29, 1.82) is 0 Å². The number of para-hydroxylation sites is 1. The van der Waals surface area contributed by atoms with Crippen LogP contribution in [-0.2, 0) is 5.41 Å². The van der Waals surface area contributed by atoms with E-state index < -0.39 is 0 Å². The van der Waals surface area contributed by atoms with Gasteiger partial charge in [0.1, 0.15) is 11.1 Å². The van der Waals surface area contributed by atoms with E-state index in [1.807, 2.05) is 6.07 Å². The molecule has 2 aromatic rings. The Morgan fingerprint density at radius 1 is 1.21 bits per heavy atom. The average Bonchev–Trinajstić information content (AvgIpc) is 2.97. The molecule has 0 radical (unpaired) electrons. The van der Waals surface area contributed by atoms with E-state index in [0.29, 0.717) is 11.7 Å². The molecule has 2 N–H and O–H groups in total. The van der Waals surface area contributed by atoms with Gasteiger partial charge in [-0.05, 0) is 47.1 Å². The van der Waals surface area contributed by atoms with Crippen LogP contribution in [0.3, 0.4) is 0 Å². The zero-order chi connectivity index (χ0) is 17.5. The first-order valence-corrected chi connectivity index (χ1v) is 9.58. The molecule has 1 heterocycles. The lowest BCUT2D eigenvalue weighted by Gasteiger charge is -2.26. The standard InChI is InChI=1S/C21H27NOS/c1-6-13(2)15-11-14(21(3,4)5)12-16(19(15)23)20-22-17-9-7-8-10-18(17)24-20/h7-13,20,22-23H,6H2,1-5H3. The van der Waals surface area contributed by atoms with E-state index in [4.69, 9.17) is 0 Å². The van der Waals surface area contributed by atoms with Gasteiger partial charge in [0.25, 0.3) is 0 Å². The number of nitrogens with one attached hydrogen (secondary N) is 1. The monoisotopic (exact) mass is 341 g/mol. The number of hydrogen-bond acceptors (Lipinski definition) is 3. The molecule has 2 nitrogen and oxygen atoms in total. The molecule has 0 amide bonds. The lowest BCUT2D eigenvalue weighted by atomic mass is 9.82. The molecule has 2 aromatic carbocycles. The maximum Gasteiger partial charge on any atom is 0.125 e. The van der Waals surface area contributed by atoms with Gasteiger partial charge in [0, 0.05) is 16.1 Å². The topological polar surface area (TPSA) is 32.3 Å². The summed E-state index contributed by atoms with van der Waals surface area (Å²) < 4.78 is 0. The largest absolute Gasteiger partial charge is 0.507 e. The Bertz CT molecular complexity index is 723. The van der Waals surface area contributed by atoms with Gasteiger partial charge in [0.15, 0.2) is 0 Å². The minimum atomic E-state index is 0.0563. The predicted molar refractivity (Wildman–Crippen MR) is 104 cm³/mol. The normalized spacial score (nSPS) is 18.1. The fourth-order valence-corrected chi connectivity index (χ4v) is 4.19. The molecule has 0 fully saturated rings. The molecule has 0 saturated carbocycles. The Balaban J connectivity index is 2.07. The van der Waals surface area contributed by atoms with Gasteiger partial charge in [-0.1, -0.05) is 64.6 Å². The third-order valence-corrected chi connectivity index (χ3v) is 6.10. The average molecular weight is 342 g/mol. The highest BCUT2D eigenvalue weighted by atomic mass is 32.2. The molecule has 1 aliphatic rings. The summed E-state index contributed by atoms with van der Waals surface area (Å²) in [6.45, 7) is 11.1. The summed E-state index contributed by atoms with van der Waals surface area (Å²) in [5, 5.41) is 14.6. The molecule has 1 aliphatic heterocycles. The summed E-state index contributed by atoms with van der Waals surface area (Å²) in [5.74, 6) is 0.801. The van der Waals surface area contributed by atoms with Crippen LogP contribution >= 0.6 is 11.8 Å². The predicted octanol–water partition coefficient (Wildman–Crippen LogP) is 6.42. The minimum Gasteiger partial charge on any atom is -0.507 e. The smallest absolute Gasteiger partial charge is 0.125 e. The number of hydrogen-bond donors (Lipinski definition) is 2. The molecular weight excluding hydrogens is 314 g/mol. The van der Waals surface area contributed by atoms with Crippen molar-refractivity contribution >= 4 is 17.4 Å². The van der Waals surface area contributed by atoms with Crippen molar-refractivity contribution in [3.8, 4) is 5.75 Å². The molecule has 24 heavy (non-hydrogen) atoms. The first kappa shape index (κ1) is 17.2. The van der Waals surface area contributed by atoms with Crippen molar-refractivity contribution in [3.63, 3.8) is 0 Å². The van der Waals surface area contributed by atoms with Crippen molar-refractivity contribution in [2.75, 3.05) is 5.32 Å². The highest BCUT2D eigenvalue weighted by Crippen LogP contribution is 2.50. The maximum atomic E-state index is 11.0. The summed E-state index contributed by atoms with van der Waals surface area (Å²) in [4.78, 5) is 1.24. The van der Waals surface area contributed by atoms with Gasteiger partial charge in [-0.15, -0.1) is 0 Å². The second kappa shape index (κ2) is 6.36. The van der Waals surface area contributed by atoms with E-state index >= 15 is 0 Å². The van der Waals surface area contributed by atoms with E-state index in [-0.39, 0.29) is 10.8 Å². The van der Waals surface area contributed by atoms with Crippen molar-refractivity contribution in [2.24, 2.45) is 0 Å². The first-order chi connectivity index (χ1) is 11.3. The van der Waals surface area contributed by atoms with Crippen LogP contribution in [0.2, 0.25) is 0 Å². The van der Waals surface area contributed by atoms with Crippen LogP contribution in [0.1, 0.15) is 69.0 Å². The molecule has 0 saturated heterocycles. The zero-order valence-electron chi connectivity index (χ0n) is 15.2. The van der Waals surface area contributed by atoms with Gasteiger partial charge in [0.05, 0.1) is 0 Å². The summed E-state index contributed by atoms with van der Waals surface area (Å²) in [7, 11) is 0. The Morgan fingerprint density at radius 3 is 2.54 bits per heavy atom. The number of benzene rings is 2.